The molecule has 6 nitrogen and oxygen atoms in total. The van der Waals surface area contributed by atoms with Crippen LogP contribution in [-0.4, -0.2) is 25.0 Å². The summed E-state index contributed by atoms with van der Waals surface area (Å²) in [5, 5.41) is 10.8. The van der Waals surface area contributed by atoms with Crippen molar-refractivity contribution in [3.63, 3.8) is 0 Å². The molecule has 2 aromatic carbocycles. The molecule has 0 radical (unpaired) electrons. The van der Waals surface area contributed by atoms with Gasteiger partial charge in [-0.25, -0.2) is 0 Å². The van der Waals surface area contributed by atoms with Crippen LogP contribution in [0.1, 0.15) is 22.8 Å². The number of carboxylic acids is 1. The van der Waals surface area contributed by atoms with Gasteiger partial charge in [0.15, 0.2) is 5.76 Å². The summed E-state index contributed by atoms with van der Waals surface area (Å²) in [4.78, 5) is 23.2. The summed E-state index contributed by atoms with van der Waals surface area (Å²) in [5.74, 6) is -0.0529. The van der Waals surface area contributed by atoms with E-state index < -0.39 is 12.1 Å². The lowest BCUT2D eigenvalue weighted by Crippen LogP contribution is -2.37. The standard InChI is InChI=1S/C19H16O6/c1-11(19(21)22)24-14-7-8-15-16(10-14)25-17(18(15)20)9-12-3-5-13(23-2)6-4-12/h3-11H,1-2H3,(H,21,22)/p-1/t11-/m1/s1. The van der Waals surface area contributed by atoms with E-state index in [9.17, 15) is 14.7 Å². The summed E-state index contributed by atoms with van der Waals surface area (Å²) < 4.78 is 15.9. The van der Waals surface area contributed by atoms with Gasteiger partial charge in [0.25, 0.3) is 0 Å². The fourth-order valence-corrected chi connectivity index (χ4v) is 2.34. The Balaban J connectivity index is 1.82. The highest BCUT2D eigenvalue weighted by atomic mass is 16.5. The Hall–Kier alpha value is -3.28. The van der Waals surface area contributed by atoms with E-state index in [4.69, 9.17) is 14.2 Å². The van der Waals surface area contributed by atoms with Crippen molar-refractivity contribution in [1.29, 1.82) is 0 Å². The molecule has 0 saturated carbocycles. The zero-order valence-corrected chi connectivity index (χ0v) is 13.6. The van der Waals surface area contributed by atoms with Crippen LogP contribution in [0.2, 0.25) is 0 Å². The Labute approximate surface area is 144 Å². The van der Waals surface area contributed by atoms with Crippen LogP contribution < -0.4 is 19.3 Å². The molecule has 0 unspecified atom stereocenters. The molecular formula is C19H15O6-. The van der Waals surface area contributed by atoms with Gasteiger partial charge in [-0.1, -0.05) is 12.1 Å². The van der Waals surface area contributed by atoms with Crippen molar-refractivity contribution >= 4 is 17.8 Å². The molecule has 0 bridgehead atoms. The number of hydrogen-bond acceptors (Lipinski definition) is 6. The van der Waals surface area contributed by atoms with Crippen molar-refractivity contribution in [3.05, 3.63) is 59.4 Å². The number of allylic oxidation sites excluding steroid dienone is 1. The Morgan fingerprint density at radius 2 is 1.84 bits per heavy atom. The molecule has 3 rings (SSSR count). The third kappa shape index (κ3) is 3.47. The van der Waals surface area contributed by atoms with Crippen LogP contribution >= 0.6 is 0 Å². The molecule has 1 atom stereocenters. The summed E-state index contributed by atoms with van der Waals surface area (Å²) in [7, 11) is 1.58. The van der Waals surface area contributed by atoms with Crippen LogP contribution in [0.5, 0.6) is 17.2 Å². The predicted molar refractivity (Wildman–Crippen MR) is 87.5 cm³/mol. The van der Waals surface area contributed by atoms with Crippen molar-refractivity contribution in [2.24, 2.45) is 0 Å². The smallest absolute Gasteiger partial charge is 0.231 e. The van der Waals surface area contributed by atoms with Crippen molar-refractivity contribution in [2.75, 3.05) is 7.11 Å². The van der Waals surface area contributed by atoms with Crippen LogP contribution in [-0.2, 0) is 4.79 Å². The van der Waals surface area contributed by atoms with Crippen molar-refractivity contribution < 1.29 is 28.9 Å². The van der Waals surface area contributed by atoms with Gasteiger partial charge < -0.3 is 24.1 Å². The summed E-state index contributed by atoms with van der Waals surface area (Å²) in [6, 6.07) is 11.7. The summed E-state index contributed by atoms with van der Waals surface area (Å²) in [6.45, 7) is 1.36. The number of carbonyl (C=O) groups is 2. The number of hydrogen-bond donors (Lipinski definition) is 0. The van der Waals surface area contributed by atoms with Crippen LogP contribution in [0.25, 0.3) is 6.08 Å². The molecule has 6 heteroatoms. The molecule has 0 N–H and O–H groups in total. The Morgan fingerprint density at radius 1 is 1.16 bits per heavy atom. The van der Waals surface area contributed by atoms with Crippen molar-refractivity contribution in [2.45, 2.75) is 13.0 Å². The summed E-state index contributed by atoms with van der Waals surface area (Å²) in [6.07, 6.45) is 0.524. The maximum Gasteiger partial charge on any atom is 0.231 e. The molecule has 0 saturated heterocycles. The number of benzene rings is 2. The normalized spacial score (nSPS) is 15.4. The van der Waals surface area contributed by atoms with E-state index in [1.807, 2.05) is 12.1 Å². The first-order valence-electron chi connectivity index (χ1n) is 7.58. The number of rotatable bonds is 5. The number of fused-ring (bicyclic) bond motifs is 1. The molecular weight excluding hydrogens is 324 g/mol. The number of carbonyl (C=O) groups excluding carboxylic acids is 2. The Kier molecular flexibility index (Phi) is 4.43. The van der Waals surface area contributed by atoms with Crippen LogP contribution in [0.15, 0.2) is 48.2 Å². The van der Waals surface area contributed by atoms with Crippen LogP contribution in [0, 0.1) is 0 Å². The topological polar surface area (TPSA) is 84.9 Å². The summed E-state index contributed by atoms with van der Waals surface area (Å²) >= 11 is 0. The van der Waals surface area contributed by atoms with E-state index in [1.54, 1.807) is 31.4 Å². The molecule has 2 aromatic rings. The molecule has 1 aliphatic heterocycles. The fourth-order valence-electron chi connectivity index (χ4n) is 2.34. The van der Waals surface area contributed by atoms with Crippen LogP contribution in [0.3, 0.4) is 0 Å². The first kappa shape index (κ1) is 16.6. The monoisotopic (exact) mass is 339 g/mol. The third-order valence-electron chi connectivity index (χ3n) is 3.70. The number of carboxylic acid groups (broad SMARTS) is 1. The first-order chi connectivity index (χ1) is 12.0. The van der Waals surface area contributed by atoms with Gasteiger partial charge in [-0.15, -0.1) is 0 Å². The predicted octanol–water partition coefficient (Wildman–Crippen LogP) is 1.83. The second-order valence-corrected chi connectivity index (χ2v) is 5.45. The molecule has 1 heterocycles. The molecule has 128 valence electrons. The number of Topliss-reactive ketones (excluding diaryl/α,β-unsaturated/α-hetero) is 1. The average Bonchev–Trinajstić information content (AvgIpc) is 2.91. The lowest BCUT2D eigenvalue weighted by molar-refractivity contribution is -0.312. The zero-order valence-electron chi connectivity index (χ0n) is 13.6. The third-order valence-corrected chi connectivity index (χ3v) is 3.70. The van der Waals surface area contributed by atoms with Crippen molar-refractivity contribution in [3.8, 4) is 17.2 Å². The molecule has 0 amide bonds. The van der Waals surface area contributed by atoms with E-state index in [-0.39, 0.29) is 17.3 Å². The van der Waals surface area contributed by atoms with Gasteiger partial charge in [0, 0.05) is 6.07 Å². The number of aliphatic carboxylic acids is 1. The van der Waals surface area contributed by atoms with E-state index in [1.165, 1.54) is 19.1 Å². The molecule has 1 aliphatic rings. The van der Waals surface area contributed by atoms with E-state index in [2.05, 4.69) is 0 Å². The molecule has 25 heavy (non-hydrogen) atoms. The van der Waals surface area contributed by atoms with E-state index in [0.717, 1.165) is 5.56 Å². The fraction of sp³-hybridized carbons (Fsp3) is 0.158. The van der Waals surface area contributed by atoms with Gasteiger partial charge in [0.1, 0.15) is 23.4 Å². The van der Waals surface area contributed by atoms with Gasteiger partial charge >= 0.3 is 0 Å². The lowest BCUT2D eigenvalue weighted by atomic mass is 10.1. The Bertz CT molecular complexity index is 851. The molecule has 0 fully saturated rings. The Morgan fingerprint density at radius 3 is 2.48 bits per heavy atom. The average molecular weight is 339 g/mol. The number of ether oxygens (including phenoxy) is 3. The minimum Gasteiger partial charge on any atom is -0.546 e. The number of ketones is 1. The van der Waals surface area contributed by atoms with E-state index >= 15 is 0 Å². The van der Waals surface area contributed by atoms with Gasteiger partial charge in [-0.3, -0.25) is 4.79 Å². The molecule has 0 aliphatic carbocycles. The maximum atomic E-state index is 12.4. The quantitative estimate of drug-likeness (QED) is 0.773. The zero-order chi connectivity index (χ0) is 18.0. The van der Waals surface area contributed by atoms with Crippen LogP contribution in [0.4, 0.5) is 0 Å². The summed E-state index contributed by atoms with van der Waals surface area (Å²) in [5.41, 5.74) is 1.19. The van der Waals surface area contributed by atoms with Gasteiger partial charge in [0.05, 0.1) is 18.6 Å². The highest BCUT2D eigenvalue weighted by molar-refractivity contribution is 6.14. The van der Waals surface area contributed by atoms with Gasteiger partial charge in [0.2, 0.25) is 5.78 Å². The van der Waals surface area contributed by atoms with Gasteiger partial charge in [-0.05, 0) is 42.8 Å². The highest BCUT2D eigenvalue weighted by Gasteiger charge is 2.27. The molecule has 0 aromatic heterocycles. The van der Waals surface area contributed by atoms with Crippen molar-refractivity contribution in [1.82, 2.24) is 0 Å². The second kappa shape index (κ2) is 6.68. The molecule has 0 spiro atoms. The first-order valence-corrected chi connectivity index (χ1v) is 7.58. The second-order valence-electron chi connectivity index (χ2n) is 5.45. The SMILES string of the molecule is COc1ccc(C=C2Oc3cc(O[C@H](C)C(=O)[O-])ccc3C2=O)cc1. The maximum absolute atomic E-state index is 12.4. The lowest BCUT2D eigenvalue weighted by Gasteiger charge is -2.15. The van der Waals surface area contributed by atoms with Gasteiger partial charge in [-0.2, -0.15) is 0 Å². The largest absolute Gasteiger partial charge is 0.546 e. The highest BCUT2D eigenvalue weighted by Crippen LogP contribution is 2.35. The number of methoxy groups -OCH3 is 1. The minimum atomic E-state index is -1.32. The minimum absolute atomic E-state index is 0.185. The van der Waals surface area contributed by atoms with E-state index in [0.29, 0.717) is 17.1 Å².